The first kappa shape index (κ1) is 17.0. The maximum Gasteiger partial charge on any atom is 0.340 e. The van der Waals surface area contributed by atoms with E-state index in [0.29, 0.717) is 17.8 Å². The fourth-order valence-corrected chi connectivity index (χ4v) is 1.63. The lowest BCUT2D eigenvalue weighted by molar-refractivity contribution is -0.124. The first-order valence-corrected chi connectivity index (χ1v) is 6.98. The van der Waals surface area contributed by atoms with Crippen molar-refractivity contribution in [3.63, 3.8) is 0 Å². The van der Waals surface area contributed by atoms with E-state index in [1.807, 2.05) is 13.8 Å². The zero-order chi connectivity index (χ0) is 15.7. The molecule has 0 spiro atoms. The van der Waals surface area contributed by atoms with Crippen molar-refractivity contribution in [1.29, 1.82) is 0 Å². The number of benzene rings is 1. The summed E-state index contributed by atoms with van der Waals surface area (Å²) in [4.78, 5) is 23.6. The predicted molar refractivity (Wildman–Crippen MR) is 80.2 cm³/mol. The molecule has 3 N–H and O–H groups in total. The summed E-state index contributed by atoms with van der Waals surface area (Å²) < 4.78 is 5.00. The molecule has 1 aromatic carbocycles. The molecule has 0 aliphatic carbocycles. The van der Waals surface area contributed by atoms with Crippen molar-refractivity contribution in [1.82, 2.24) is 5.32 Å². The number of hydrogen-bond donors (Lipinski definition) is 3. The molecule has 0 radical (unpaired) electrons. The van der Waals surface area contributed by atoms with Crippen LogP contribution in [0.3, 0.4) is 0 Å². The largest absolute Gasteiger partial charge is 0.452 e. The van der Waals surface area contributed by atoms with Gasteiger partial charge in [0.15, 0.2) is 6.61 Å². The Kier molecular flexibility index (Phi) is 7.25. The van der Waals surface area contributed by atoms with Crippen LogP contribution in [0.25, 0.3) is 0 Å². The van der Waals surface area contributed by atoms with E-state index < -0.39 is 5.97 Å². The molecule has 6 nitrogen and oxygen atoms in total. The normalized spacial score (nSPS) is 11.6. The molecule has 21 heavy (non-hydrogen) atoms. The summed E-state index contributed by atoms with van der Waals surface area (Å²) >= 11 is 0. The second kappa shape index (κ2) is 8.97. The minimum atomic E-state index is -0.574. The number of ether oxygens (including phenoxy) is 1. The van der Waals surface area contributed by atoms with Gasteiger partial charge in [0.2, 0.25) is 0 Å². The maximum atomic E-state index is 12.0. The number of anilines is 1. The monoisotopic (exact) mass is 294 g/mol. The lowest BCUT2D eigenvalue weighted by Gasteiger charge is -2.13. The molecular formula is C15H22N2O4. The van der Waals surface area contributed by atoms with Gasteiger partial charge in [-0.15, -0.1) is 0 Å². The molecule has 0 aromatic heterocycles. The molecule has 0 bridgehead atoms. The highest BCUT2D eigenvalue weighted by Crippen LogP contribution is 2.15. The van der Waals surface area contributed by atoms with Crippen molar-refractivity contribution in [3.05, 3.63) is 29.8 Å². The smallest absolute Gasteiger partial charge is 0.340 e. The van der Waals surface area contributed by atoms with Crippen LogP contribution in [-0.2, 0) is 9.53 Å². The second-order valence-electron chi connectivity index (χ2n) is 4.65. The molecular weight excluding hydrogens is 272 g/mol. The van der Waals surface area contributed by atoms with Crippen molar-refractivity contribution >= 4 is 17.6 Å². The van der Waals surface area contributed by atoms with Crippen molar-refractivity contribution in [2.24, 2.45) is 0 Å². The molecule has 0 saturated carbocycles. The first-order chi connectivity index (χ1) is 10.1. The summed E-state index contributed by atoms with van der Waals surface area (Å²) in [5, 5.41) is 14.5. The Balaban J connectivity index is 2.57. The number of amides is 1. The zero-order valence-corrected chi connectivity index (χ0v) is 12.4. The Morgan fingerprint density at radius 1 is 1.33 bits per heavy atom. The summed E-state index contributed by atoms with van der Waals surface area (Å²) in [6, 6.07) is 6.85. The molecule has 0 heterocycles. The van der Waals surface area contributed by atoms with Crippen molar-refractivity contribution in [3.8, 4) is 0 Å². The van der Waals surface area contributed by atoms with Crippen LogP contribution in [0, 0.1) is 0 Å². The number of aliphatic hydroxyl groups excluding tert-OH is 1. The Labute approximate surface area is 124 Å². The molecule has 0 saturated heterocycles. The molecule has 6 heteroatoms. The van der Waals surface area contributed by atoms with Gasteiger partial charge in [-0.1, -0.05) is 19.1 Å². The van der Waals surface area contributed by atoms with Crippen molar-refractivity contribution in [2.45, 2.75) is 26.3 Å². The van der Waals surface area contributed by atoms with E-state index in [2.05, 4.69) is 10.6 Å². The van der Waals surface area contributed by atoms with Gasteiger partial charge in [-0.05, 0) is 25.5 Å². The van der Waals surface area contributed by atoms with Crippen LogP contribution < -0.4 is 10.6 Å². The van der Waals surface area contributed by atoms with Crippen LogP contribution in [0.4, 0.5) is 5.69 Å². The van der Waals surface area contributed by atoms with Gasteiger partial charge >= 0.3 is 5.97 Å². The molecule has 1 amide bonds. The zero-order valence-electron chi connectivity index (χ0n) is 12.4. The summed E-state index contributed by atoms with van der Waals surface area (Å²) in [5.41, 5.74) is 0.904. The molecule has 0 aliphatic heterocycles. The lowest BCUT2D eigenvalue weighted by atomic mass is 10.2. The molecule has 1 atom stereocenters. The summed E-state index contributed by atoms with van der Waals surface area (Å²) in [6.45, 7) is 3.82. The van der Waals surface area contributed by atoms with Gasteiger partial charge in [0.25, 0.3) is 5.91 Å². The van der Waals surface area contributed by atoms with Gasteiger partial charge in [-0.25, -0.2) is 4.79 Å². The molecule has 1 unspecified atom stereocenters. The van der Waals surface area contributed by atoms with Crippen LogP contribution in [0.2, 0.25) is 0 Å². The van der Waals surface area contributed by atoms with Gasteiger partial charge in [-0.3, -0.25) is 4.79 Å². The Bertz CT molecular complexity index is 476. The summed E-state index contributed by atoms with van der Waals surface area (Å²) in [6.07, 6.45) is 0.813. The van der Waals surface area contributed by atoms with Gasteiger partial charge in [0, 0.05) is 18.3 Å². The SMILES string of the molecule is CCC(C)NC(=O)COC(=O)c1ccccc1NCCO. The predicted octanol–water partition coefficient (Wildman–Crippen LogP) is 1.16. The molecule has 1 aromatic rings. The number of rotatable bonds is 8. The van der Waals surface area contributed by atoms with Crippen LogP contribution in [0.1, 0.15) is 30.6 Å². The van der Waals surface area contributed by atoms with E-state index in [4.69, 9.17) is 9.84 Å². The topological polar surface area (TPSA) is 87.7 Å². The summed E-state index contributed by atoms with van der Waals surface area (Å²) in [7, 11) is 0. The highest BCUT2D eigenvalue weighted by molar-refractivity contribution is 5.96. The van der Waals surface area contributed by atoms with Gasteiger partial charge in [0.1, 0.15) is 0 Å². The van der Waals surface area contributed by atoms with E-state index >= 15 is 0 Å². The number of esters is 1. The van der Waals surface area contributed by atoms with Crippen LogP contribution in [0.15, 0.2) is 24.3 Å². The molecule has 0 aliphatic rings. The highest BCUT2D eigenvalue weighted by atomic mass is 16.5. The Morgan fingerprint density at radius 2 is 2.05 bits per heavy atom. The quantitative estimate of drug-likeness (QED) is 0.626. The third-order valence-corrected chi connectivity index (χ3v) is 2.93. The van der Waals surface area contributed by atoms with E-state index in [1.165, 1.54) is 0 Å². The first-order valence-electron chi connectivity index (χ1n) is 6.98. The third-order valence-electron chi connectivity index (χ3n) is 2.93. The van der Waals surface area contributed by atoms with E-state index in [0.717, 1.165) is 6.42 Å². The third kappa shape index (κ3) is 5.83. The van der Waals surface area contributed by atoms with E-state index in [1.54, 1.807) is 24.3 Å². The van der Waals surface area contributed by atoms with Crippen LogP contribution in [0.5, 0.6) is 0 Å². The number of nitrogens with one attached hydrogen (secondary N) is 2. The maximum absolute atomic E-state index is 12.0. The fraction of sp³-hybridized carbons (Fsp3) is 0.467. The number of aliphatic hydroxyl groups is 1. The van der Waals surface area contributed by atoms with E-state index in [9.17, 15) is 9.59 Å². The molecule has 116 valence electrons. The fourth-order valence-electron chi connectivity index (χ4n) is 1.63. The average Bonchev–Trinajstić information content (AvgIpc) is 2.50. The summed E-state index contributed by atoms with van der Waals surface area (Å²) in [5.74, 6) is -0.895. The van der Waals surface area contributed by atoms with Gasteiger partial charge < -0.3 is 20.5 Å². The molecule has 0 fully saturated rings. The van der Waals surface area contributed by atoms with Gasteiger partial charge in [0.05, 0.1) is 12.2 Å². The van der Waals surface area contributed by atoms with Crippen LogP contribution in [-0.4, -0.2) is 42.8 Å². The Hall–Kier alpha value is -2.08. The Morgan fingerprint density at radius 3 is 2.71 bits per heavy atom. The van der Waals surface area contributed by atoms with E-state index in [-0.39, 0.29) is 25.2 Å². The minimum Gasteiger partial charge on any atom is -0.452 e. The lowest BCUT2D eigenvalue weighted by Crippen LogP contribution is -2.35. The number of carbonyl (C=O) groups excluding carboxylic acids is 2. The van der Waals surface area contributed by atoms with Crippen molar-refractivity contribution in [2.75, 3.05) is 25.1 Å². The number of hydrogen-bond acceptors (Lipinski definition) is 5. The minimum absolute atomic E-state index is 0.0410. The standard InChI is InChI=1S/C15H22N2O4/c1-3-11(2)17-14(19)10-21-15(20)12-6-4-5-7-13(12)16-8-9-18/h4-7,11,16,18H,3,8-10H2,1-2H3,(H,17,19). The van der Waals surface area contributed by atoms with Gasteiger partial charge in [-0.2, -0.15) is 0 Å². The average molecular weight is 294 g/mol. The number of para-hydroxylation sites is 1. The molecule has 1 rings (SSSR count). The second-order valence-corrected chi connectivity index (χ2v) is 4.65. The highest BCUT2D eigenvalue weighted by Gasteiger charge is 2.14. The van der Waals surface area contributed by atoms with Crippen LogP contribution >= 0.6 is 0 Å². The van der Waals surface area contributed by atoms with Crippen molar-refractivity contribution < 1.29 is 19.4 Å². The number of carbonyl (C=O) groups is 2.